The standard InChI is InChI=1S/C26H26N4O4S2/c1-3-17-7-4-5-9-20(17)27-22(32)15-35-26-28-24-23(25(33)30(26)13-18-8-6-12-34-18)19-10-11-29(16(2)31)14-21(19)36-24/h4-9,12H,3,10-11,13-15H2,1-2H3,(H,27,32). The molecule has 10 heteroatoms. The maximum Gasteiger partial charge on any atom is 0.263 e. The summed E-state index contributed by atoms with van der Waals surface area (Å²) in [6.07, 6.45) is 3.01. The van der Waals surface area contributed by atoms with Gasteiger partial charge in [-0.2, -0.15) is 0 Å². The van der Waals surface area contributed by atoms with Gasteiger partial charge in [-0.15, -0.1) is 11.3 Å². The summed E-state index contributed by atoms with van der Waals surface area (Å²) in [6, 6.07) is 11.3. The van der Waals surface area contributed by atoms with Gasteiger partial charge < -0.3 is 14.6 Å². The van der Waals surface area contributed by atoms with Crippen molar-refractivity contribution in [3.8, 4) is 0 Å². The number of nitrogens with one attached hydrogen (secondary N) is 1. The number of carbonyl (C=O) groups excluding carboxylic acids is 2. The Bertz CT molecular complexity index is 1490. The molecule has 0 aliphatic carbocycles. The highest BCUT2D eigenvalue weighted by atomic mass is 32.2. The van der Waals surface area contributed by atoms with Crippen LogP contribution in [0.4, 0.5) is 5.69 Å². The number of amides is 2. The lowest BCUT2D eigenvalue weighted by Crippen LogP contribution is -2.34. The minimum absolute atomic E-state index is 0.0215. The van der Waals surface area contributed by atoms with Crippen LogP contribution >= 0.6 is 23.1 Å². The van der Waals surface area contributed by atoms with Crippen molar-refractivity contribution in [2.45, 2.75) is 44.9 Å². The monoisotopic (exact) mass is 522 g/mol. The van der Waals surface area contributed by atoms with E-state index in [4.69, 9.17) is 9.40 Å². The van der Waals surface area contributed by atoms with E-state index in [0.717, 1.165) is 28.1 Å². The van der Waals surface area contributed by atoms with Crippen LogP contribution in [-0.4, -0.2) is 38.6 Å². The van der Waals surface area contributed by atoms with Crippen LogP contribution in [0.15, 0.2) is 57.0 Å². The number of rotatable bonds is 7. The molecule has 8 nitrogen and oxygen atoms in total. The van der Waals surface area contributed by atoms with Gasteiger partial charge in [0.05, 0.1) is 30.5 Å². The van der Waals surface area contributed by atoms with Crippen LogP contribution in [0.1, 0.15) is 35.6 Å². The highest BCUT2D eigenvalue weighted by Gasteiger charge is 2.26. The molecule has 0 fully saturated rings. The zero-order valence-corrected chi connectivity index (χ0v) is 21.7. The van der Waals surface area contributed by atoms with E-state index in [-0.39, 0.29) is 29.7 Å². The zero-order chi connectivity index (χ0) is 25.2. The quantitative estimate of drug-likeness (QED) is 0.287. The predicted molar refractivity (Wildman–Crippen MR) is 142 cm³/mol. The summed E-state index contributed by atoms with van der Waals surface area (Å²) in [6.45, 7) is 4.91. The fourth-order valence-electron chi connectivity index (χ4n) is 4.40. The number of anilines is 1. The van der Waals surface area contributed by atoms with Crippen molar-refractivity contribution >= 4 is 50.8 Å². The first kappa shape index (κ1) is 24.3. The van der Waals surface area contributed by atoms with E-state index < -0.39 is 0 Å². The summed E-state index contributed by atoms with van der Waals surface area (Å²) in [5.41, 5.74) is 2.69. The Hall–Kier alpha value is -3.37. The second-order valence-electron chi connectivity index (χ2n) is 8.59. The van der Waals surface area contributed by atoms with E-state index in [2.05, 4.69) is 5.32 Å². The second-order valence-corrected chi connectivity index (χ2v) is 10.6. The Labute approximate surface area is 216 Å². The number of para-hydroxylation sites is 1. The lowest BCUT2D eigenvalue weighted by Gasteiger charge is -2.25. The first-order chi connectivity index (χ1) is 17.4. The minimum Gasteiger partial charge on any atom is -0.467 e. The number of thiophene rings is 1. The topological polar surface area (TPSA) is 97.4 Å². The smallest absolute Gasteiger partial charge is 0.263 e. The molecule has 2 amide bonds. The van der Waals surface area contributed by atoms with Gasteiger partial charge in [-0.25, -0.2) is 4.98 Å². The number of aryl methyl sites for hydroxylation is 1. The highest BCUT2D eigenvalue weighted by molar-refractivity contribution is 7.99. The van der Waals surface area contributed by atoms with E-state index in [1.807, 2.05) is 37.3 Å². The van der Waals surface area contributed by atoms with Gasteiger partial charge in [-0.1, -0.05) is 36.9 Å². The fraction of sp³-hybridized carbons (Fsp3) is 0.308. The summed E-state index contributed by atoms with van der Waals surface area (Å²) >= 11 is 2.68. The number of hydrogen-bond acceptors (Lipinski definition) is 7. The summed E-state index contributed by atoms with van der Waals surface area (Å²) < 4.78 is 7.09. The molecule has 1 aromatic carbocycles. The van der Waals surface area contributed by atoms with Gasteiger partial charge in [-0.05, 0) is 42.2 Å². The Kier molecular flexibility index (Phi) is 6.97. The SMILES string of the molecule is CCc1ccccc1NC(=O)CSc1nc2sc3c(c2c(=O)n1Cc1ccco1)CCN(C(C)=O)C3. The summed E-state index contributed by atoms with van der Waals surface area (Å²) in [7, 11) is 0. The molecule has 1 N–H and O–H groups in total. The molecule has 3 aromatic heterocycles. The van der Waals surface area contributed by atoms with E-state index in [1.54, 1.807) is 28.7 Å². The van der Waals surface area contributed by atoms with Crippen molar-refractivity contribution in [1.29, 1.82) is 0 Å². The molecule has 186 valence electrons. The van der Waals surface area contributed by atoms with Gasteiger partial charge in [0.2, 0.25) is 11.8 Å². The molecular formula is C26H26N4O4S2. The lowest BCUT2D eigenvalue weighted by molar-refractivity contribution is -0.129. The summed E-state index contributed by atoms with van der Waals surface area (Å²) in [4.78, 5) is 46.7. The van der Waals surface area contributed by atoms with Crippen molar-refractivity contribution in [3.63, 3.8) is 0 Å². The molecule has 0 bridgehead atoms. The minimum atomic E-state index is -0.164. The maximum atomic E-state index is 13.7. The van der Waals surface area contributed by atoms with Crippen LogP contribution < -0.4 is 10.9 Å². The van der Waals surface area contributed by atoms with Crippen LogP contribution in [0.5, 0.6) is 0 Å². The third kappa shape index (κ3) is 4.83. The van der Waals surface area contributed by atoms with Crippen molar-refractivity contribution in [2.75, 3.05) is 17.6 Å². The number of hydrogen-bond donors (Lipinski definition) is 1. The predicted octanol–water partition coefficient (Wildman–Crippen LogP) is 4.30. The molecule has 0 radical (unpaired) electrons. The van der Waals surface area contributed by atoms with Crippen molar-refractivity contribution in [2.24, 2.45) is 0 Å². The first-order valence-electron chi connectivity index (χ1n) is 11.8. The number of nitrogens with zero attached hydrogens (tertiary/aromatic N) is 3. The van der Waals surface area contributed by atoms with Gasteiger partial charge in [0.25, 0.3) is 5.56 Å². The third-order valence-electron chi connectivity index (χ3n) is 6.27. The Morgan fingerprint density at radius 2 is 2.06 bits per heavy atom. The molecule has 0 saturated heterocycles. The van der Waals surface area contributed by atoms with Crippen LogP contribution in [0.2, 0.25) is 0 Å². The molecule has 4 heterocycles. The van der Waals surface area contributed by atoms with Crippen molar-refractivity contribution in [3.05, 3.63) is 74.8 Å². The molecule has 1 aliphatic rings. The maximum absolute atomic E-state index is 13.7. The number of benzene rings is 1. The normalized spacial score (nSPS) is 13.1. The Morgan fingerprint density at radius 1 is 1.22 bits per heavy atom. The zero-order valence-electron chi connectivity index (χ0n) is 20.1. The van der Waals surface area contributed by atoms with Crippen molar-refractivity contribution in [1.82, 2.24) is 14.5 Å². The van der Waals surface area contributed by atoms with Gasteiger partial charge in [0.15, 0.2) is 5.16 Å². The van der Waals surface area contributed by atoms with Crippen LogP contribution in [-0.2, 0) is 35.5 Å². The average Bonchev–Trinajstić information content (AvgIpc) is 3.52. The number of furan rings is 1. The molecule has 0 saturated carbocycles. The molecule has 1 aliphatic heterocycles. The highest BCUT2D eigenvalue weighted by Crippen LogP contribution is 2.34. The summed E-state index contributed by atoms with van der Waals surface area (Å²) in [5, 5.41) is 4.05. The van der Waals surface area contributed by atoms with Gasteiger partial charge in [-0.3, -0.25) is 19.0 Å². The number of carbonyl (C=O) groups is 2. The second kappa shape index (κ2) is 10.3. The van der Waals surface area contributed by atoms with Gasteiger partial charge in [0.1, 0.15) is 10.6 Å². The van der Waals surface area contributed by atoms with E-state index in [0.29, 0.717) is 40.6 Å². The largest absolute Gasteiger partial charge is 0.467 e. The van der Waals surface area contributed by atoms with Crippen LogP contribution in [0.25, 0.3) is 10.2 Å². The molecule has 0 unspecified atom stereocenters. The Balaban J connectivity index is 1.47. The molecule has 0 atom stereocenters. The van der Waals surface area contributed by atoms with Crippen LogP contribution in [0, 0.1) is 0 Å². The third-order valence-corrected chi connectivity index (χ3v) is 8.36. The number of aromatic nitrogens is 2. The average molecular weight is 523 g/mol. The van der Waals surface area contributed by atoms with E-state index in [1.165, 1.54) is 23.1 Å². The molecule has 0 spiro atoms. The first-order valence-corrected chi connectivity index (χ1v) is 13.6. The van der Waals surface area contributed by atoms with Gasteiger partial charge >= 0.3 is 0 Å². The number of thioether (sulfide) groups is 1. The fourth-order valence-corrected chi connectivity index (χ4v) is 6.48. The summed E-state index contributed by atoms with van der Waals surface area (Å²) in [5.74, 6) is 0.598. The lowest BCUT2D eigenvalue weighted by atomic mass is 10.1. The molecular weight excluding hydrogens is 496 g/mol. The molecule has 4 aromatic rings. The van der Waals surface area contributed by atoms with Crippen molar-refractivity contribution < 1.29 is 14.0 Å². The number of fused-ring (bicyclic) bond motifs is 3. The van der Waals surface area contributed by atoms with E-state index >= 15 is 0 Å². The van der Waals surface area contributed by atoms with Crippen LogP contribution in [0.3, 0.4) is 0 Å². The molecule has 5 rings (SSSR count). The Morgan fingerprint density at radius 3 is 2.81 bits per heavy atom. The van der Waals surface area contributed by atoms with E-state index in [9.17, 15) is 14.4 Å². The van der Waals surface area contributed by atoms with Gasteiger partial charge in [0, 0.05) is 24.0 Å². The molecule has 36 heavy (non-hydrogen) atoms.